The van der Waals surface area contributed by atoms with Crippen molar-refractivity contribution in [1.82, 2.24) is 14.8 Å². The van der Waals surface area contributed by atoms with Gasteiger partial charge in [-0.3, -0.25) is 14.8 Å². The molecule has 2 heterocycles. The lowest BCUT2D eigenvalue weighted by molar-refractivity contribution is 0.102. The molecule has 0 unspecified atom stereocenters. The van der Waals surface area contributed by atoms with Crippen molar-refractivity contribution in [1.29, 1.82) is 0 Å². The van der Waals surface area contributed by atoms with Crippen molar-refractivity contribution in [3.63, 3.8) is 0 Å². The van der Waals surface area contributed by atoms with Gasteiger partial charge in [-0.1, -0.05) is 0 Å². The summed E-state index contributed by atoms with van der Waals surface area (Å²) in [5, 5.41) is 12.7. The molecular weight excluding hydrogens is 310 g/mol. The lowest BCUT2D eigenvalue weighted by Gasteiger charge is -2.06. The van der Waals surface area contributed by atoms with Crippen LogP contribution < -0.4 is 10.6 Å². The molecule has 0 spiro atoms. The fraction of sp³-hybridized carbons (Fsp3) is 0.188. The Kier molecular flexibility index (Phi) is 4.68. The van der Waals surface area contributed by atoms with Gasteiger partial charge >= 0.3 is 0 Å². The van der Waals surface area contributed by atoms with E-state index in [0.717, 1.165) is 17.8 Å². The monoisotopic (exact) mass is 327 g/mol. The molecule has 0 bridgehead atoms. The van der Waals surface area contributed by atoms with Gasteiger partial charge < -0.3 is 5.32 Å². The Morgan fingerprint density at radius 3 is 2.78 bits per heavy atom. The van der Waals surface area contributed by atoms with E-state index in [0.29, 0.717) is 17.2 Å². The van der Waals surface area contributed by atoms with Crippen molar-refractivity contribution in [2.24, 2.45) is 0 Å². The SMILES string of the molecule is CCn1cc(CNc2ccc(C(=O)Nc3nccs3)cc2)cn1. The first kappa shape index (κ1) is 15.2. The first-order chi connectivity index (χ1) is 11.2. The quantitative estimate of drug-likeness (QED) is 0.729. The van der Waals surface area contributed by atoms with Crippen molar-refractivity contribution in [2.75, 3.05) is 10.6 Å². The maximum atomic E-state index is 12.1. The summed E-state index contributed by atoms with van der Waals surface area (Å²) >= 11 is 1.40. The second-order valence-electron chi connectivity index (χ2n) is 4.93. The summed E-state index contributed by atoms with van der Waals surface area (Å²) in [6, 6.07) is 7.36. The van der Waals surface area contributed by atoms with Crippen LogP contribution in [0.4, 0.5) is 10.8 Å². The number of nitrogens with zero attached hydrogens (tertiary/aromatic N) is 3. The fourth-order valence-corrected chi connectivity index (χ4v) is 2.59. The summed E-state index contributed by atoms with van der Waals surface area (Å²) < 4.78 is 1.89. The van der Waals surface area contributed by atoms with Gasteiger partial charge in [0.25, 0.3) is 5.91 Å². The van der Waals surface area contributed by atoms with E-state index >= 15 is 0 Å². The molecule has 3 aromatic rings. The van der Waals surface area contributed by atoms with Crippen LogP contribution in [-0.2, 0) is 13.1 Å². The largest absolute Gasteiger partial charge is 0.381 e. The number of rotatable bonds is 6. The molecule has 7 heteroatoms. The predicted octanol–water partition coefficient (Wildman–Crippen LogP) is 3.22. The molecule has 0 fully saturated rings. The number of hydrogen-bond acceptors (Lipinski definition) is 5. The molecule has 0 aliphatic carbocycles. The third kappa shape index (κ3) is 3.95. The molecule has 0 radical (unpaired) electrons. The Balaban J connectivity index is 1.57. The Morgan fingerprint density at radius 1 is 1.30 bits per heavy atom. The number of carbonyl (C=O) groups is 1. The third-order valence-electron chi connectivity index (χ3n) is 3.31. The number of anilines is 2. The lowest BCUT2D eigenvalue weighted by Crippen LogP contribution is -2.11. The lowest BCUT2D eigenvalue weighted by atomic mass is 10.2. The molecule has 1 aromatic carbocycles. The number of amides is 1. The molecule has 23 heavy (non-hydrogen) atoms. The van der Waals surface area contributed by atoms with E-state index in [9.17, 15) is 4.79 Å². The number of aromatic nitrogens is 3. The fourth-order valence-electron chi connectivity index (χ4n) is 2.07. The summed E-state index contributed by atoms with van der Waals surface area (Å²) in [6.45, 7) is 3.62. The van der Waals surface area contributed by atoms with Gasteiger partial charge in [0.05, 0.1) is 6.20 Å². The first-order valence-electron chi connectivity index (χ1n) is 7.30. The summed E-state index contributed by atoms with van der Waals surface area (Å²) in [5.41, 5.74) is 2.68. The van der Waals surface area contributed by atoms with Gasteiger partial charge in [0, 0.05) is 47.7 Å². The minimum Gasteiger partial charge on any atom is -0.381 e. The minimum atomic E-state index is -0.157. The van der Waals surface area contributed by atoms with Crippen LogP contribution in [0.2, 0.25) is 0 Å². The van der Waals surface area contributed by atoms with Crippen LogP contribution in [0.5, 0.6) is 0 Å². The Bertz CT molecular complexity index is 764. The van der Waals surface area contributed by atoms with Crippen molar-refractivity contribution in [2.45, 2.75) is 20.0 Å². The van der Waals surface area contributed by atoms with Gasteiger partial charge in [-0.15, -0.1) is 11.3 Å². The summed E-state index contributed by atoms with van der Waals surface area (Å²) in [6.07, 6.45) is 5.53. The van der Waals surface area contributed by atoms with Crippen LogP contribution >= 0.6 is 11.3 Å². The molecule has 0 saturated carbocycles. The molecule has 1 amide bonds. The molecule has 2 N–H and O–H groups in total. The smallest absolute Gasteiger partial charge is 0.257 e. The van der Waals surface area contributed by atoms with Gasteiger partial charge in [0.2, 0.25) is 0 Å². The molecule has 6 nitrogen and oxygen atoms in total. The van der Waals surface area contributed by atoms with Gasteiger partial charge in [-0.2, -0.15) is 5.10 Å². The molecule has 0 atom stereocenters. The van der Waals surface area contributed by atoms with E-state index < -0.39 is 0 Å². The summed E-state index contributed by atoms with van der Waals surface area (Å²) in [4.78, 5) is 16.1. The van der Waals surface area contributed by atoms with Crippen LogP contribution in [0.25, 0.3) is 0 Å². The van der Waals surface area contributed by atoms with Gasteiger partial charge in [0.15, 0.2) is 5.13 Å². The average Bonchev–Trinajstić information content (AvgIpc) is 3.24. The summed E-state index contributed by atoms with van der Waals surface area (Å²) in [7, 11) is 0. The standard InChI is InChI=1S/C16H17N5OS/c1-2-21-11-12(10-19-21)9-18-14-5-3-13(4-6-14)15(22)20-16-17-7-8-23-16/h3-8,10-11,18H,2,9H2,1H3,(H,17,20,22). The average molecular weight is 327 g/mol. The number of thiazole rings is 1. The van der Waals surface area contributed by atoms with E-state index in [2.05, 4.69) is 27.6 Å². The normalized spacial score (nSPS) is 10.5. The number of carbonyl (C=O) groups excluding carboxylic acids is 1. The second-order valence-corrected chi connectivity index (χ2v) is 5.82. The van der Waals surface area contributed by atoms with Gasteiger partial charge in [0.1, 0.15) is 0 Å². The van der Waals surface area contributed by atoms with Crippen LogP contribution in [0, 0.1) is 0 Å². The van der Waals surface area contributed by atoms with Crippen molar-refractivity contribution in [3.05, 3.63) is 59.4 Å². The van der Waals surface area contributed by atoms with Crippen LogP contribution in [0.1, 0.15) is 22.8 Å². The van der Waals surface area contributed by atoms with Crippen molar-refractivity contribution < 1.29 is 4.79 Å². The number of hydrogen-bond donors (Lipinski definition) is 2. The topological polar surface area (TPSA) is 71.8 Å². The first-order valence-corrected chi connectivity index (χ1v) is 8.18. The minimum absolute atomic E-state index is 0.157. The molecule has 0 aliphatic rings. The molecular formula is C16H17N5OS. The Hall–Kier alpha value is -2.67. The van der Waals surface area contributed by atoms with E-state index in [1.165, 1.54) is 11.3 Å². The van der Waals surface area contributed by atoms with E-state index in [1.807, 2.05) is 34.6 Å². The molecule has 0 saturated heterocycles. The van der Waals surface area contributed by atoms with E-state index in [-0.39, 0.29) is 5.91 Å². The highest BCUT2D eigenvalue weighted by atomic mass is 32.1. The van der Waals surface area contributed by atoms with Gasteiger partial charge in [-0.25, -0.2) is 4.98 Å². The number of benzene rings is 1. The number of aryl methyl sites for hydroxylation is 1. The van der Waals surface area contributed by atoms with Crippen LogP contribution in [-0.4, -0.2) is 20.7 Å². The maximum Gasteiger partial charge on any atom is 0.257 e. The van der Waals surface area contributed by atoms with Gasteiger partial charge in [-0.05, 0) is 31.2 Å². The van der Waals surface area contributed by atoms with Crippen LogP contribution in [0.15, 0.2) is 48.2 Å². The van der Waals surface area contributed by atoms with E-state index in [4.69, 9.17) is 0 Å². The molecule has 118 valence electrons. The van der Waals surface area contributed by atoms with Crippen LogP contribution in [0.3, 0.4) is 0 Å². The van der Waals surface area contributed by atoms with Crippen molar-refractivity contribution in [3.8, 4) is 0 Å². The molecule has 0 aliphatic heterocycles. The Labute approximate surface area is 138 Å². The zero-order valence-corrected chi connectivity index (χ0v) is 13.5. The highest BCUT2D eigenvalue weighted by Gasteiger charge is 2.07. The highest BCUT2D eigenvalue weighted by molar-refractivity contribution is 7.13. The maximum absolute atomic E-state index is 12.1. The second kappa shape index (κ2) is 7.06. The molecule has 3 rings (SSSR count). The summed E-state index contributed by atoms with van der Waals surface area (Å²) in [5.74, 6) is -0.157. The predicted molar refractivity (Wildman–Crippen MR) is 91.7 cm³/mol. The number of nitrogens with one attached hydrogen (secondary N) is 2. The highest BCUT2D eigenvalue weighted by Crippen LogP contribution is 2.15. The zero-order valence-electron chi connectivity index (χ0n) is 12.7. The zero-order chi connectivity index (χ0) is 16.1. The van der Waals surface area contributed by atoms with E-state index in [1.54, 1.807) is 18.3 Å². The molecule has 2 aromatic heterocycles. The Morgan fingerprint density at radius 2 is 2.13 bits per heavy atom. The van der Waals surface area contributed by atoms with Crippen molar-refractivity contribution >= 4 is 28.1 Å². The third-order valence-corrected chi connectivity index (χ3v) is 4.00.